The Morgan fingerprint density at radius 1 is 1.08 bits per heavy atom. The van der Waals surface area contributed by atoms with Crippen molar-refractivity contribution >= 4 is 17.7 Å². The van der Waals surface area contributed by atoms with Crippen molar-refractivity contribution in [2.45, 2.75) is 25.9 Å². The Morgan fingerprint density at radius 2 is 1.65 bits per heavy atom. The van der Waals surface area contributed by atoms with Gasteiger partial charge in [0.05, 0.1) is 11.8 Å². The minimum absolute atomic E-state index is 0.146. The topological polar surface area (TPSA) is 66.5 Å². The van der Waals surface area contributed by atoms with E-state index in [1.54, 1.807) is 6.92 Å². The Labute approximate surface area is 152 Å². The van der Waals surface area contributed by atoms with E-state index in [0.29, 0.717) is 18.4 Å². The quantitative estimate of drug-likeness (QED) is 0.664. The number of benzene rings is 1. The molecule has 1 heterocycles. The molecule has 134 valence electrons. The highest BCUT2D eigenvalue weighted by molar-refractivity contribution is 6.09. The first-order valence-corrected chi connectivity index (χ1v) is 9.45. The fraction of sp³-hybridized carbons (Fsp3) is 0.476. The predicted octanol–water partition coefficient (Wildman–Crippen LogP) is 1.74. The summed E-state index contributed by atoms with van der Waals surface area (Å²) in [5, 5.41) is 2.85. The van der Waals surface area contributed by atoms with E-state index < -0.39 is 6.04 Å². The van der Waals surface area contributed by atoms with Crippen molar-refractivity contribution in [3.8, 4) is 0 Å². The molecular formula is C21H22N2O3. The number of nitrogens with zero attached hydrogens (tertiary/aromatic N) is 1. The molecule has 2 bridgehead atoms. The molecule has 3 amide bonds. The summed E-state index contributed by atoms with van der Waals surface area (Å²) < 4.78 is 0. The summed E-state index contributed by atoms with van der Waals surface area (Å²) in [7, 11) is 0. The Morgan fingerprint density at radius 3 is 2.23 bits per heavy atom. The van der Waals surface area contributed by atoms with Crippen molar-refractivity contribution in [2.75, 3.05) is 0 Å². The van der Waals surface area contributed by atoms with Crippen LogP contribution in [0.5, 0.6) is 0 Å². The highest BCUT2D eigenvalue weighted by Crippen LogP contribution is 2.65. The third-order valence-electron chi connectivity index (χ3n) is 6.77. The molecule has 5 heteroatoms. The monoisotopic (exact) mass is 350 g/mol. The molecule has 1 aliphatic heterocycles. The Balaban J connectivity index is 1.32. The summed E-state index contributed by atoms with van der Waals surface area (Å²) in [5.41, 5.74) is 0.989. The lowest BCUT2D eigenvalue weighted by atomic mass is 9.63. The van der Waals surface area contributed by atoms with Gasteiger partial charge in [-0.05, 0) is 42.6 Å². The molecule has 26 heavy (non-hydrogen) atoms. The molecule has 6 rings (SSSR count). The average molecular weight is 350 g/mol. The van der Waals surface area contributed by atoms with E-state index in [0.717, 1.165) is 12.0 Å². The SMILES string of the molecule is C[C@@H](C(=O)NCc1ccccc1)N1C(=O)[C@@H]2[C@@H]3C=C[C@H]([C@H]4C[C@H]34)[C@@H]2C1=O. The minimum atomic E-state index is -0.764. The van der Waals surface area contributed by atoms with Crippen LogP contribution < -0.4 is 5.32 Å². The van der Waals surface area contributed by atoms with Crippen LogP contribution in [0.25, 0.3) is 0 Å². The molecule has 4 aliphatic carbocycles. The summed E-state index contributed by atoms with van der Waals surface area (Å²) in [5.74, 6) is 0.470. The van der Waals surface area contributed by atoms with Gasteiger partial charge in [0, 0.05) is 6.54 Å². The van der Waals surface area contributed by atoms with Crippen LogP contribution in [0.15, 0.2) is 42.5 Å². The maximum absolute atomic E-state index is 13.0. The highest BCUT2D eigenvalue weighted by Gasteiger charge is 2.67. The third kappa shape index (κ3) is 2.12. The molecule has 1 aromatic carbocycles. The zero-order valence-corrected chi connectivity index (χ0v) is 14.7. The van der Waals surface area contributed by atoms with Gasteiger partial charge in [-0.1, -0.05) is 42.5 Å². The van der Waals surface area contributed by atoms with Crippen LogP contribution in [0, 0.1) is 35.5 Å². The summed E-state index contributed by atoms with van der Waals surface area (Å²) in [4.78, 5) is 39.9. The van der Waals surface area contributed by atoms with E-state index in [2.05, 4.69) is 17.5 Å². The van der Waals surface area contributed by atoms with Crippen molar-refractivity contribution in [2.24, 2.45) is 35.5 Å². The number of nitrogens with one attached hydrogen (secondary N) is 1. The van der Waals surface area contributed by atoms with E-state index in [1.165, 1.54) is 4.90 Å². The first kappa shape index (κ1) is 15.8. The van der Waals surface area contributed by atoms with Crippen molar-refractivity contribution in [1.29, 1.82) is 0 Å². The van der Waals surface area contributed by atoms with Crippen molar-refractivity contribution in [1.82, 2.24) is 10.2 Å². The first-order valence-electron chi connectivity index (χ1n) is 9.45. The van der Waals surface area contributed by atoms with Crippen LogP contribution in [-0.2, 0) is 20.9 Å². The molecule has 3 fully saturated rings. The predicted molar refractivity (Wildman–Crippen MR) is 94.3 cm³/mol. The fourth-order valence-electron chi connectivity index (χ4n) is 5.41. The van der Waals surface area contributed by atoms with E-state index in [-0.39, 0.29) is 41.4 Å². The standard InChI is InChI=1S/C21H22N2O3/c1-11(19(24)22-10-12-5-3-2-4-6-12)23-20(25)17-13-7-8-14(16-9-15(13)16)18(17)21(23)26/h2-8,11,13-18H,9-10H2,1H3,(H,22,24)/t11-,13+,14+,15+,16+,17-,18+/m0/s1. The first-order chi connectivity index (χ1) is 12.6. The number of likely N-dealkylation sites (tertiary alicyclic amines) is 1. The molecule has 1 aromatic rings. The molecule has 0 aromatic heterocycles. The molecule has 1 saturated heterocycles. The molecule has 0 unspecified atom stereocenters. The van der Waals surface area contributed by atoms with Crippen LogP contribution in [0.1, 0.15) is 18.9 Å². The summed E-state index contributed by atoms with van der Waals surface area (Å²) in [6.45, 7) is 2.05. The lowest BCUT2D eigenvalue weighted by Gasteiger charge is -2.37. The molecular weight excluding hydrogens is 328 g/mol. The lowest BCUT2D eigenvalue weighted by molar-refractivity contribution is -0.147. The van der Waals surface area contributed by atoms with Crippen LogP contribution in [0.4, 0.5) is 0 Å². The smallest absolute Gasteiger partial charge is 0.243 e. The van der Waals surface area contributed by atoms with Crippen molar-refractivity contribution < 1.29 is 14.4 Å². The van der Waals surface area contributed by atoms with Gasteiger partial charge in [-0.2, -0.15) is 0 Å². The fourth-order valence-corrected chi connectivity index (χ4v) is 5.41. The maximum atomic E-state index is 13.0. The minimum Gasteiger partial charge on any atom is -0.350 e. The van der Waals surface area contributed by atoms with Gasteiger partial charge >= 0.3 is 0 Å². The number of rotatable bonds is 4. The summed E-state index contributed by atoms with van der Waals surface area (Å²) in [6.07, 6.45) is 5.44. The summed E-state index contributed by atoms with van der Waals surface area (Å²) in [6, 6.07) is 8.85. The highest BCUT2D eigenvalue weighted by atomic mass is 16.2. The van der Waals surface area contributed by atoms with E-state index >= 15 is 0 Å². The van der Waals surface area contributed by atoms with Gasteiger partial charge in [0.2, 0.25) is 17.7 Å². The van der Waals surface area contributed by atoms with Gasteiger partial charge in [0.1, 0.15) is 6.04 Å². The number of hydrogen-bond donors (Lipinski definition) is 1. The van der Waals surface area contributed by atoms with Crippen LogP contribution in [0.3, 0.4) is 0 Å². The van der Waals surface area contributed by atoms with Gasteiger partial charge < -0.3 is 5.32 Å². The largest absolute Gasteiger partial charge is 0.350 e. The number of amides is 3. The van der Waals surface area contributed by atoms with Crippen LogP contribution in [0.2, 0.25) is 0 Å². The van der Waals surface area contributed by atoms with Crippen molar-refractivity contribution in [3.63, 3.8) is 0 Å². The van der Waals surface area contributed by atoms with Crippen LogP contribution >= 0.6 is 0 Å². The Hall–Kier alpha value is -2.43. The van der Waals surface area contributed by atoms with Gasteiger partial charge in [-0.25, -0.2) is 0 Å². The molecule has 7 atom stereocenters. The van der Waals surface area contributed by atoms with Gasteiger partial charge in [0.25, 0.3) is 0 Å². The average Bonchev–Trinajstić information content (AvgIpc) is 3.44. The maximum Gasteiger partial charge on any atom is 0.243 e. The van der Waals surface area contributed by atoms with E-state index in [4.69, 9.17) is 0 Å². The number of allylic oxidation sites excluding steroid dienone is 2. The third-order valence-corrected chi connectivity index (χ3v) is 6.77. The Bertz CT molecular complexity index is 782. The zero-order chi connectivity index (χ0) is 18.0. The Kier molecular flexibility index (Phi) is 3.36. The van der Waals surface area contributed by atoms with Gasteiger partial charge in [-0.15, -0.1) is 0 Å². The molecule has 0 spiro atoms. The van der Waals surface area contributed by atoms with Crippen molar-refractivity contribution in [3.05, 3.63) is 48.0 Å². The molecule has 2 saturated carbocycles. The molecule has 5 aliphatic rings. The summed E-state index contributed by atoms with van der Waals surface area (Å²) >= 11 is 0. The number of imide groups is 1. The second kappa shape index (κ2) is 5.53. The second-order valence-electron chi connectivity index (χ2n) is 8.08. The van der Waals surface area contributed by atoms with E-state index in [9.17, 15) is 14.4 Å². The number of hydrogen-bond acceptors (Lipinski definition) is 3. The molecule has 0 radical (unpaired) electrons. The molecule has 1 N–H and O–H groups in total. The van der Waals surface area contributed by atoms with E-state index in [1.807, 2.05) is 30.3 Å². The molecule has 5 nitrogen and oxygen atoms in total. The normalized spacial score (nSPS) is 37.3. The van der Waals surface area contributed by atoms with Gasteiger partial charge in [-0.3, -0.25) is 19.3 Å². The second-order valence-corrected chi connectivity index (χ2v) is 8.08. The number of carbonyl (C=O) groups is 3. The van der Waals surface area contributed by atoms with Crippen LogP contribution in [-0.4, -0.2) is 28.7 Å². The lowest BCUT2D eigenvalue weighted by Crippen LogP contribution is -2.48. The number of carbonyl (C=O) groups excluding carboxylic acids is 3. The van der Waals surface area contributed by atoms with Gasteiger partial charge in [0.15, 0.2) is 0 Å². The zero-order valence-electron chi connectivity index (χ0n) is 14.7.